The lowest BCUT2D eigenvalue weighted by atomic mass is 10.0. The molecule has 3 rings (SSSR count). The number of hydrogen-bond acceptors (Lipinski definition) is 5. The Morgan fingerprint density at radius 1 is 1.19 bits per heavy atom. The molecule has 0 saturated carbocycles. The highest BCUT2D eigenvalue weighted by Gasteiger charge is 2.13. The highest BCUT2D eigenvalue weighted by molar-refractivity contribution is 7.99. The van der Waals surface area contributed by atoms with Crippen molar-refractivity contribution in [2.75, 3.05) is 11.1 Å². The molecule has 1 heterocycles. The fourth-order valence-electron chi connectivity index (χ4n) is 2.44. The minimum absolute atomic E-state index is 0.103. The highest BCUT2D eigenvalue weighted by atomic mass is 35.5. The van der Waals surface area contributed by atoms with E-state index in [4.69, 9.17) is 11.6 Å². The summed E-state index contributed by atoms with van der Waals surface area (Å²) < 4.78 is 1.58. The Morgan fingerprint density at radius 3 is 2.65 bits per heavy atom. The number of hydrogen-bond donors (Lipinski definition) is 1. The van der Waals surface area contributed by atoms with E-state index in [-0.39, 0.29) is 11.7 Å². The van der Waals surface area contributed by atoms with E-state index in [0.717, 1.165) is 16.9 Å². The minimum Gasteiger partial charge on any atom is -0.325 e. The van der Waals surface area contributed by atoms with Crippen molar-refractivity contribution in [2.45, 2.75) is 24.9 Å². The van der Waals surface area contributed by atoms with E-state index in [2.05, 4.69) is 34.7 Å². The summed E-state index contributed by atoms with van der Waals surface area (Å²) in [6, 6.07) is 15.0. The second-order valence-electron chi connectivity index (χ2n) is 5.93. The van der Waals surface area contributed by atoms with E-state index in [1.807, 2.05) is 36.4 Å². The lowest BCUT2D eigenvalue weighted by Gasteiger charge is -2.13. The molecule has 1 N–H and O–H groups in total. The maximum absolute atomic E-state index is 12.3. The molecule has 0 spiro atoms. The number of rotatable bonds is 6. The number of halogens is 1. The molecule has 2 aromatic carbocycles. The van der Waals surface area contributed by atoms with Crippen LogP contribution in [-0.4, -0.2) is 31.9 Å². The number of nitrogens with one attached hydrogen (secondary N) is 1. The van der Waals surface area contributed by atoms with Gasteiger partial charge in [0.15, 0.2) is 0 Å². The third-order valence-electron chi connectivity index (χ3n) is 3.70. The summed E-state index contributed by atoms with van der Waals surface area (Å²) >= 11 is 7.18. The average molecular weight is 388 g/mol. The van der Waals surface area contributed by atoms with Gasteiger partial charge in [0, 0.05) is 10.7 Å². The van der Waals surface area contributed by atoms with Gasteiger partial charge in [0.2, 0.25) is 11.1 Å². The fourth-order valence-corrected chi connectivity index (χ4v) is 3.26. The average Bonchev–Trinajstić information content (AvgIpc) is 3.09. The Bertz CT molecular complexity index is 895. The summed E-state index contributed by atoms with van der Waals surface area (Å²) in [7, 11) is 0. The Morgan fingerprint density at radius 2 is 1.92 bits per heavy atom. The third-order valence-corrected chi connectivity index (χ3v) is 4.87. The highest BCUT2D eigenvalue weighted by Crippen LogP contribution is 2.24. The van der Waals surface area contributed by atoms with E-state index >= 15 is 0 Å². The molecule has 0 atom stereocenters. The lowest BCUT2D eigenvalue weighted by Crippen LogP contribution is -2.16. The van der Waals surface area contributed by atoms with Gasteiger partial charge in [-0.1, -0.05) is 55.4 Å². The number of thioether (sulfide) groups is 1. The Kier molecular flexibility index (Phi) is 5.90. The summed E-state index contributed by atoms with van der Waals surface area (Å²) in [5.74, 6) is 0.436. The molecule has 0 radical (unpaired) electrons. The zero-order chi connectivity index (χ0) is 18.5. The standard InChI is InChI=1S/C18H18ClN5OS/c1-12(2)15-5-3-4-6-16(15)20-17(25)11-26-18-21-22-23-24(18)14-9-7-13(19)8-10-14/h3-10,12H,11H2,1-2H3,(H,20,25). The van der Waals surface area contributed by atoms with Crippen molar-refractivity contribution in [1.29, 1.82) is 0 Å². The van der Waals surface area contributed by atoms with Gasteiger partial charge >= 0.3 is 0 Å². The van der Waals surface area contributed by atoms with Crippen molar-refractivity contribution in [2.24, 2.45) is 0 Å². The Balaban J connectivity index is 1.66. The molecule has 0 aliphatic heterocycles. The van der Waals surface area contributed by atoms with Crippen LogP contribution >= 0.6 is 23.4 Å². The van der Waals surface area contributed by atoms with E-state index in [0.29, 0.717) is 16.1 Å². The van der Waals surface area contributed by atoms with Crippen LogP contribution < -0.4 is 5.32 Å². The van der Waals surface area contributed by atoms with Crippen LogP contribution in [0.4, 0.5) is 5.69 Å². The van der Waals surface area contributed by atoms with Gasteiger partial charge < -0.3 is 5.32 Å². The Hall–Kier alpha value is -2.38. The predicted molar refractivity (Wildman–Crippen MR) is 104 cm³/mol. The van der Waals surface area contributed by atoms with Crippen molar-refractivity contribution < 1.29 is 4.79 Å². The minimum atomic E-state index is -0.103. The zero-order valence-corrected chi connectivity index (χ0v) is 16.0. The van der Waals surface area contributed by atoms with Gasteiger partial charge in [0.25, 0.3) is 0 Å². The summed E-state index contributed by atoms with van der Waals surface area (Å²) in [6.45, 7) is 4.19. The van der Waals surface area contributed by atoms with Crippen molar-refractivity contribution in [3.8, 4) is 5.69 Å². The summed E-state index contributed by atoms with van der Waals surface area (Å²) in [5.41, 5.74) is 2.73. The second-order valence-corrected chi connectivity index (χ2v) is 7.31. The molecule has 1 amide bonds. The quantitative estimate of drug-likeness (QED) is 0.642. The van der Waals surface area contributed by atoms with Crippen LogP contribution in [0.25, 0.3) is 5.69 Å². The number of aromatic nitrogens is 4. The normalized spacial score (nSPS) is 10.9. The molecular formula is C18H18ClN5OS. The summed E-state index contributed by atoms with van der Waals surface area (Å²) in [6.07, 6.45) is 0. The smallest absolute Gasteiger partial charge is 0.234 e. The molecule has 0 aliphatic rings. The third kappa shape index (κ3) is 4.42. The van der Waals surface area contributed by atoms with E-state index in [9.17, 15) is 4.79 Å². The van der Waals surface area contributed by atoms with Crippen molar-refractivity contribution >= 4 is 35.0 Å². The number of anilines is 1. The first-order valence-electron chi connectivity index (χ1n) is 8.10. The molecule has 0 fully saturated rings. The van der Waals surface area contributed by atoms with Gasteiger partial charge in [-0.2, -0.15) is 4.68 Å². The van der Waals surface area contributed by atoms with Crippen molar-refractivity contribution in [3.63, 3.8) is 0 Å². The van der Waals surface area contributed by atoms with Gasteiger partial charge in [0.1, 0.15) is 0 Å². The molecule has 8 heteroatoms. The van der Waals surface area contributed by atoms with Crippen LogP contribution in [0.15, 0.2) is 53.7 Å². The summed E-state index contributed by atoms with van der Waals surface area (Å²) in [4.78, 5) is 12.3. The van der Waals surface area contributed by atoms with Crippen LogP contribution in [0.2, 0.25) is 5.02 Å². The number of carbonyl (C=O) groups is 1. The maximum atomic E-state index is 12.3. The van der Waals surface area contributed by atoms with Crippen molar-refractivity contribution in [1.82, 2.24) is 20.2 Å². The maximum Gasteiger partial charge on any atom is 0.234 e. The van der Waals surface area contributed by atoms with E-state index in [1.54, 1.807) is 16.8 Å². The van der Waals surface area contributed by atoms with Gasteiger partial charge in [-0.25, -0.2) is 0 Å². The lowest BCUT2D eigenvalue weighted by molar-refractivity contribution is -0.113. The number of benzene rings is 2. The number of carbonyl (C=O) groups excluding carboxylic acids is 1. The first kappa shape index (κ1) is 18.4. The number of para-hydroxylation sites is 1. The van der Waals surface area contributed by atoms with Gasteiger partial charge in [-0.05, 0) is 52.2 Å². The Labute approximate surface area is 160 Å². The van der Waals surface area contributed by atoms with E-state index in [1.165, 1.54) is 11.8 Å². The molecule has 3 aromatic rings. The molecule has 0 aliphatic carbocycles. The first-order chi connectivity index (χ1) is 12.5. The van der Waals surface area contributed by atoms with Crippen LogP contribution in [-0.2, 0) is 4.79 Å². The predicted octanol–water partition coefficient (Wildman–Crippen LogP) is 4.17. The number of tetrazole rings is 1. The molecule has 0 bridgehead atoms. The molecule has 134 valence electrons. The largest absolute Gasteiger partial charge is 0.325 e. The van der Waals surface area contributed by atoms with Crippen LogP contribution in [0.1, 0.15) is 25.3 Å². The number of amides is 1. The molecule has 1 aromatic heterocycles. The fraction of sp³-hybridized carbons (Fsp3) is 0.222. The van der Waals surface area contributed by atoms with Gasteiger partial charge in [-0.3, -0.25) is 4.79 Å². The first-order valence-corrected chi connectivity index (χ1v) is 9.47. The topological polar surface area (TPSA) is 72.7 Å². The van der Waals surface area contributed by atoms with Gasteiger partial charge in [0.05, 0.1) is 11.4 Å². The monoisotopic (exact) mass is 387 g/mol. The van der Waals surface area contributed by atoms with Crippen LogP contribution in [0.3, 0.4) is 0 Å². The van der Waals surface area contributed by atoms with Gasteiger partial charge in [-0.15, -0.1) is 5.10 Å². The molecule has 0 unspecified atom stereocenters. The van der Waals surface area contributed by atoms with Crippen molar-refractivity contribution in [3.05, 3.63) is 59.1 Å². The van der Waals surface area contributed by atoms with E-state index < -0.39 is 0 Å². The SMILES string of the molecule is CC(C)c1ccccc1NC(=O)CSc1nnnn1-c1ccc(Cl)cc1. The molecule has 0 saturated heterocycles. The van der Waals surface area contributed by atoms with Crippen LogP contribution in [0.5, 0.6) is 0 Å². The summed E-state index contributed by atoms with van der Waals surface area (Å²) in [5, 5.41) is 15.8. The van der Waals surface area contributed by atoms with Crippen LogP contribution in [0, 0.1) is 0 Å². The second kappa shape index (κ2) is 8.33. The molecule has 6 nitrogen and oxygen atoms in total. The molecule has 26 heavy (non-hydrogen) atoms. The zero-order valence-electron chi connectivity index (χ0n) is 14.4. The number of nitrogens with zero attached hydrogens (tertiary/aromatic N) is 4. The molecular weight excluding hydrogens is 370 g/mol.